The van der Waals surface area contributed by atoms with Gasteiger partial charge in [0.15, 0.2) is 5.11 Å². The van der Waals surface area contributed by atoms with Crippen LogP contribution in [0.25, 0.3) is 11.3 Å². The molecular weight excluding hydrogens is 340 g/mol. The summed E-state index contributed by atoms with van der Waals surface area (Å²) in [5, 5.41) is 14.9. The van der Waals surface area contributed by atoms with Gasteiger partial charge >= 0.3 is 0 Å². The minimum atomic E-state index is -0.549. The number of carbonyl (C=O) groups excluding carboxylic acids is 1. The zero-order chi connectivity index (χ0) is 18.6. The van der Waals surface area contributed by atoms with Crippen LogP contribution in [-0.2, 0) is 11.4 Å². The highest BCUT2D eigenvalue weighted by molar-refractivity contribution is 7.80. The molecule has 7 heteroatoms. The molecule has 0 radical (unpaired) electrons. The topological polar surface area (TPSA) is 83.7 Å². The van der Waals surface area contributed by atoms with Crippen LogP contribution in [0.4, 0.5) is 5.69 Å². The lowest BCUT2D eigenvalue weighted by molar-refractivity contribution is -0.126. The minimum absolute atomic E-state index is 0.163. The first-order valence-electron chi connectivity index (χ1n) is 7.75. The van der Waals surface area contributed by atoms with Crippen molar-refractivity contribution in [3.05, 3.63) is 36.1 Å². The van der Waals surface area contributed by atoms with Gasteiger partial charge in [0.1, 0.15) is 23.9 Å². The number of amides is 1. The van der Waals surface area contributed by atoms with Gasteiger partial charge in [-0.3, -0.25) is 4.79 Å². The quantitative estimate of drug-likeness (QED) is 0.724. The van der Waals surface area contributed by atoms with Crippen LogP contribution in [0, 0.1) is 5.41 Å². The Bertz CT molecular complexity index is 778. The van der Waals surface area contributed by atoms with E-state index in [2.05, 4.69) is 10.6 Å². The number of anilines is 1. The third kappa shape index (κ3) is 4.80. The van der Waals surface area contributed by atoms with Crippen molar-refractivity contribution in [2.24, 2.45) is 5.41 Å². The van der Waals surface area contributed by atoms with E-state index in [-0.39, 0.29) is 17.6 Å². The van der Waals surface area contributed by atoms with Crippen molar-refractivity contribution in [3.8, 4) is 17.1 Å². The number of benzene rings is 1. The summed E-state index contributed by atoms with van der Waals surface area (Å²) in [7, 11) is 1.55. The summed E-state index contributed by atoms with van der Waals surface area (Å²) in [5.74, 6) is 1.48. The van der Waals surface area contributed by atoms with E-state index in [1.165, 1.54) is 0 Å². The van der Waals surface area contributed by atoms with Gasteiger partial charge < -0.3 is 24.9 Å². The maximum absolute atomic E-state index is 12.0. The molecule has 0 saturated carbocycles. The first-order valence-corrected chi connectivity index (χ1v) is 8.16. The number of hydrogen-bond acceptors (Lipinski definition) is 5. The van der Waals surface area contributed by atoms with E-state index in [0.717, 1.165) is 5.56 Å². The van der Waals surface area contributed by atoms with Crippen LogP contribution >= 0.6 is 12.2 Å². The van der Waals surface area contributed by atoms with Gasteiger partial charge in [0.05, 0.1) is 12.8 Å². The highest BCUT2D eigenvalue weighted by Gasteiger charge is 2.22. The van der Waals surface area contributed by atoms with Crippen LogP contribution in [0.1, 0.15) is 26.5 Å². The molecule has 0 unspecified atom stereocenters. The van der Waals surface area contributed by atoms with E-state index in [9.17, 15) is 4.79 Å². The molecule has 25 heavy (non-hydrogen) atoms. The molecule has 2 aromatic rings. The van der Waals surface area contributed by atoms with Gasteiger partial charge in [0, 0.05) is 11.0 Å². The van der Waals surface area contributed by atoms with Crippen molar-refractivity contribution < 1.29 is 19.1 Å². The molecule has 0 aliphatic heterocycles. The third-order valence-electron chi connectivity index (χ3n) is 3.46. The van der Waals surface area contributed by atoms with Gasteiger partial charge in [-0.25, -0.2) is 0 Å². The number of ether oxygens (including phenoxy) is 1. The van der Waals surface area contributed by atoms with Gasteiger partial charge in [-0.2, -0.15) is 0 Å². The van der Waals surface area contributed by atoms with Crippen LogP contribution < -0.4 is 15.4 Å². The number of nitrogens with one attached hydrogen (secondary N) is 2. The molecule has 1 aromatic carbocycles. The highest BCUT2D eigenvalue weighted by atomic mass is 32.1. The molecule has 0 aliphatic rings. The lowest BCUT2D eigenvalue weighted by atomic mass is 9.96. The number of carbonyl (C=O) groups is 1. The third-order valence-corrected chi connectivity index (χ3v) is 3.66. The van der Waals surface area contributed by atoms with Crippen LogP contribution in [-0.4, -0.2) is 23.2 Å². The second kappa shape index (κ2) is 7.67. The lowest BCUT2D eigenvalue weighted by Gasteiger charge is -2.19. The summed E-state index contributed by atoms with van der Waals surface area (Å²) >= 11 is 5.22. The Morgan fingerprint density at radius 3 is 2.56 bits per heavy atom. The van der Waals surface area contributed by atoms with E-state index < -0.39 is 5.41 Å². The predicted molar refractivity (Wildman–Crippen MR) is 100 cm³/mol. The minimum Gasteiger partial charge on any atom is -0.495 e. The molecule has 1 heterocycles. The molecule has 0 aliphatic carbocycles. The van der Waals surface area contributed by atoms with Gasteiger partial charge in [0.2, 0.25) is 5.91 Å². The van der Waals surface area contributed by atoms with E-state index in [1.807, 2.05) is 26.8 Å². The van der Waals surface area contributed by atoms with Gasteiger partial charge in [-0.05, 0) is 42.5 Å². The molecule has 3 N–H and O–H groups in total. The average molecular weight is 362 g/mol. The number of hydrogen-bond donors (Lipinski definition) is 3. The van der Waals surface area contributed by atoms with Crippen LogP contribution in [0.15, 0.2) is 34.7 Å². The Morgan fingerprint density at radius 1 is 1.28 bits per heavy atom. The summed E-state index contributed by atoms with van der Waals surface area (Å²) < 4.78 is 10.9. The predicted octanol–water partition coefficient (Wildman–Crippen LogP) is 3.31. The normalized spacial score (nSPS) is 11.1. The fraction of sp³-hybridized carbons (Fsp3) is 0.333. The second-order valence-electron chi connectivity index (χ2n) is 6.50. The Morgan fingerprint density at radius 2 is 2.00 bits per heavy atom. The Labute approximate surface area is 152 Å². The molecule has 0 bridgehead atoms. The van der Waals surface area contributed by atoms with Gasteiger partial charge in [0.25, 0.3) is 0 Å². The van der Waals surface area contributed by atoms with Crippen molar-refractivity contribution in [1.82, 2.24) is 5.32 Å². The summed E-state index contributed by atoms with van der Waals surface area (Å²) in [6, 6.07) is 8.89. The summed E-state index contributed by atoms with van der Waals surface area (Å²) in [6.45, 7) is 5.26. The Hall–Kier alpha value is -2.38. The Balaban J connectivity index is 2.22. The summed E-state index contributed by atoms with van der Waals surface area (Å²) in [6.07, 6.45) is 0. The van der Waals surface area contributed by atoms with Gasteiger partial charge in [-0.15, -0.1) is 0 Å². The maximum Gasteiger partial charge on any atom is 0.231 e. The molecule has 0 fully saturated rings. The molecule has 6 nitrogen and oxygen atoms in total. The maximum atomic E-state index is 12.0. The van der Waals surface area contributed by atoms with Crippen molar-refractivity contribution >= 4 is 28.9 Å². The number of thiocarbonyl (C=S) groups is 1. The zero-order valence-corrected chi connectivity index (χ0v) is 15.5. The van der Waals surface area contributed by atoms with E-state index >= 15 is 0 Å². The summed E-state index contributed by atoms with van der Waals surface area (Å²) in [5.41, 5.74) is 0.834. The first kappa shape index (κ1) is 19.0. The largest absolute Gasteiger partial charge is 0.495 e. The SMILES string of the molecule is COc1ccc(-c2ccc(CO)o2)cc1NC(=S)NC(=O)C(C)(C)C. The average Bonchev–Trinajstić information content (AvgIpc) is 3.02. The fourth-order valence-corrected chi connectivity index (χ4v) is 2.22. The van der Waals surface area contributed by atoms with Crippen molar-refractivity contribution in [2.75, 3.05) is 12.4 Å². The standard InChI is InChI=1S/C18H22N2O4S/c1-18(2,3)16(22)20-17(25)19-13-9-11(5-7-15(13)23-4)14-8-6-12(10-21)24-14/h5-9,21H,10H2,1-4H3,(H2,19,20,22,25). The molecule has 134 valence electrons. The van der Waals surface area contributed by atoms with Crippen molar-refractivity contribution in [3.63, 3.8) is 0 Å². The fourth-order valence-electron chi connectivity index (χ4n) is 2.02. The molecule has 1 aromatic heterocycles. The molecule has 0 atom stereocenters. The van der Waals surface area contributed by atoms with E-state index in [0.29, 0.717) is 23.0 Å². The van der Waals surface area contributed by atoms with Crippen molar-refractivity contribution in [1.29, 1.82) is 0 Å². The zero-order valence-electron chi connectivity index (χ0n) is 14.7. The van der Waals surface area contributed by atoms with Crippen LogP contribution in [0.2, 0.25) is 0 Å². The summed E-state index contributed by atoms with van der Waals surface area (Å²) in [4.78, 5) is 12.0. The van der Waals surface area contributed by atoms with Gasteiger partial charge in [-0.1, -0.05) is 20.8 Å². The first-order chi connectivity index (χ1) is 11.7. The molecule has 0 saturated heterocycles. The smallest absolute Gasteiger partial charge is 0.231 e. The van der Waals surface area contributed by atoms with Crippen molar-refractivity contribution in [2.45, 2.75) is 27.4 Å². The number of rotatable bonds is 4. The lowest BCUT2D eigenvalue weighted by Crippen LogP contribution is -2.41. The molecule has 1 amide bonds. The van der Waals surface area contributed by atoms with Crippen LogP contribution in [0.3, 0.4) is 0 Å². The molecule has 0 spiro atoms. The molecular formula is C18H22N2O4S. The molecule has 2 rings (SSSR count). The van der Waals surface area contributed by atoms with E-state index in [1.54, 1.807) is 31.4 Å². The number of methoxy groups -OCH3 is 1. The number of aliphatic hydroxyl groups excluding tert-OH is 1. The highest BCUT2D eigenvalue weighted by Crippen LogP contribution is 2.31. The number of furan rings is 1. The van der Waals surface area contributed by atoms with E-state index in [4.69, 9.17) is 26.5 Å². The second-order valence-corrected chi connectivity index (χ2v) is 6.91. The number of aliphatic hydroxyl groups is 1. The van der Waals surface area contributed by atoms with Crippen LogP contribution in [0.5, 0.6) is 5.75 Å². The monoisotopic (exact) mass is 362 g/mol. The Kier molecular flexibility index (Phi) is 5.81.